The van der Waals surface area contributed by atoms with E-state index in [0.29, 0.717) is 24.1 Å². The Bertz CT molecular complexity index is 851. The van der Waals surface area contributed by atoms with E-state index in [-0.39, 0.29) is 24.0 Å². The Kier molecular flexibility index (Phi) is 11.1. The number of hydrogen-bond donors (Lipinski definition) is 3. The van der Waals surface area contributed by atoms with E-state index in [1.807, 2.05) is 57.2 Å². The SMILES string of the molecule is CN=C(NCCc1ccc(NC(=O)OC(C)(C)C)cc1)NCc1ccnc(OC)c1.I. The van der Waals surface area contributed by atoms with Gasteiger partial charge in [-0.05, 0) is 56.5 Å². The monoisotopic (exact) mass is 541 g/mol. The maximum Gasteiger partial charge on any atom is 0.412 e. The number of aromatic nitrogens is 1. The molecule has 1 aromatic heterocycles. The van der Waals surface area contributed by atoms with E-state index in [1.54, 1.807) is 20.4 Å². The molecule has 1 heterocycles. The molecule has 2 rings (SSSR count). The number of amides is 1. The fourth-order valence-electron chi connectivity index (χ4n) is 2.58. The summed E-state index contributed by atoms with van der Waals surface area (Å²) in [4.78, 5) is 20.2. The van der Waals surface area contributed by atoms with Crippen molar-refractivity contribution in [1.29, 1.82) is 0 Å². The molecule has 3 N–H and O–H groups in total. The summed E-state index contributed by atoms with van der Waals surface area (Å²) in [5.41, 5.74) is 2.38. The highest BCUT2D eigenvalue weighted by molar-refractivity contribution is 14.0. The first kappa shape index (κ1) is 26.5. The van der Waals surface area contributed by atoms with Crippen LogP contribution in [0.2, 0.25) is 0 Å². The van der Waals surface area contributed by atoms with E-state index in [9.17, 15) is 4.79 Å². The number of methoxy groups -OCH3 is 1. The molecule has 0 radical (unpaired) electrons. The van der Waals surface area contributed by atoms with Crippen LogP contribution in [-0.4, -0.2) is 43.3 Å². The van der Waals surface area contributed by atoms with Gasteiger partial charge in [-0.3, -0.25) is 10.3 Å². The molecular weight excluding hydrogens is 509 g/mol. The minimum absolute atomic E-state index is 0. The standard InChI is InChI=1S/C22H31N5O3.HI/c1-22(2,3)30-21(28)27-18-8-6-16(7-9-18)10-13-25-20(23-4)26-15-17-11-12-24-19(14-17)29-5;/h6-9,11-12,14H,10,13,15H2,1-5H3,(H,27,28)(H2,23,25,26);1H. The molecule has 0 spiro atoms. The molecule has 9 heteroatoms. The second-order valence-corrected chi connectivity index (χ2v) is 7.63. The Morgan fingerprint density at radius 1 is 1.10 bits per heavy atom. The van der Waals surface area contributed by atoms with Gasteiger partial charge in [-0.15, -0.1) is 24.0 Å². The number of carbonyl (C=O) groups excluding carboxylic acids is 1. The topological polar surface area (TPSA) is 96.9 Å². The lowest BCUT2D eigenvalue weighted by atomic mass is 10.1. The first-order chi connectivity index (χ1) is 14.3. The Labute approximate surface area is 201 Å². The van der Waals surface area contributed by atoms with Crippen LogP contribution in [0.3, 0.4) is 0 Å². The molecule has 2 aromatic rings. The number of halogens is 1. The summed E-state index contributed by atoms with van der Waals surface area (Å²) < 4.78 is 10.4. The van der Waals surface area contributed by atoms with Crippen LogP contribution in [0.1, 0.15) is 31.9 Å². The average molecular weight is 541 g/mol. The van der Waals surface area contributed by atoms with Gasteiger partial charge in [0.05, 0.1) is 7.11 Å². The first-order valence-corrected chi connectivity index (χ1v) is 9.81. The number of nitrogens with one attached hydrogen (secondary N) is 3. The quantitative estimate of drug-likeness (QED) is 0.279. The van der Waals surface area contributed by atoms with E-state index >= 15 is 0 Å². The number of aliphatic imine (C=N–C) groups is 1. The Morgan fingerprint density at radius 3 is 2.42 bits per heavy atom. The average Bonchev–Trinajstić information content (AvgIpc) is 2.70. The summed E-state index contributed by atoms with van der Waals surface area (Å²) in [7, 11) is 3.33. The predicted octanol–water partition coefficient (Wildman–Crippen LogP) is 3.96. The molecule has 0 unspecified atom stereocenters. The van der Waals surface area contributed by atoms with Crippen molar-refractivity contribution >= 4 is 41.7 Å². The minimum Gasteiger partial charge on any atom is -0.481 e. The number of ether oxygens (including phenoxy) is 2. The number of pyridine rings is 1. The largest absolute Gasteiger partial charge is 0.481 e. The lowest BCUT2D eigenvalue weighted by Gasteiger charge is -2.19. The van der Waals surface area contributed by atoms with Gasteiger partial charge in [0.1, 0.15) is 5.60 Å². The maximum atomic E-state index is 11.8. The highest BCUT2D eigenvalue weighted by Gasteiger charge is 2.16. The van der Waals surface area contributed by atoms with Gasteiger partial charge in [-0.25, -0.2) is 9.78 Å². The molecule has 0 saturated carbocycles. The number of hydrogen-bond acceptors (Lipinski definition) is 5. The van der Waals surface area contributed by atoms with Crippen LogP contribution < -0.4 is 20.7 Å². The molecule has 170 valence electrons. The molecule has 31 heavy (non-hydrogen) atoms. The van der Waals surface area contributed by atoms with E-state index < -0.39 is 11.7 Å². The van der Waals surface area contributed by atoms with Crippen molar-refractivity contribution < 1.29 is 14.3 Å². The molecule has 0 atom stereocenters. The summed E-state index contributed by atoms with van der Waals surface area (Å²) in [6.07, 6.45) is 2.07. The van der Waals surface area contributed by atoms with Crippen molar-refractivity contribution in [1.82, 2.24) is 15.6 Å². The zero-order valence-corrected chi connectivity index (χ0v) is 21.0. The molecule has 0 aliphatic carbocycles. The Hall–Kier alpha value is -2.56. The molecule has 1 amide bonds. The Morgan fingerprint density at radius 2 is 1.81 bits per heavy atom. The molecule has 0 fully saturated rings. The second kappa shape index (κ2) is 13.0. The highest BCUT2D eigenvalue weighted by Crippen LogP contribution is 2.13. The van der Waals surface area contributed by atoms with Gasteiger partial charge in [0, 0.05) is 38.1 Å². The van der Waals surface area contributed by atoms with E-state index in [1.165, 1.54) is 0 Å². The van der Waals surface area contributed by atoms with Crippen LogP contribution in [0.4, 0.5) is 10.5 Å². The van der Waals surface area contributed by atoms with Crippen molar-refractivity contribution in [3.8, 4) is 5.88 Å². The van der Waals surface area contributed by atoms with Gasteiger partial charge < -0.3 is 20.1 Å². The van der Waals surface area contributed by atoms with Gasteiger partial charge >= 0.3 is 6.09 Å². The number of guanidine groups is 1. The van der Waals surface area contributed by atoms with Crippen molar-refractivity contribution in [2.75, 3.05) is 26.0 Å². The summed E-state index contributed by atoms with van der Waals surface area (Å²) in [6.45, 7) is 6.83. The van der Waals surface area contributed by atoms with Crippen LogP contribution in [0.5, 0.6) is 5.88 Å². The number of anilines is 1. The number of nitrogens with zero attached hydrogens (tertiary/aromatic N) is 2. The van der Waals surface area contributed by atoms with Gasteiger partial charge in [-0.2, -0.15) is 0 Å². The van der Waals surface area contributed by atoms with Crippen molar-refractivity contribution in [3.63, 3.8) is 0 Å². The zero-order chi connectivity index (χ0) is 22.0. The smallest absolute Gasteiger partial charge is 0.412 e. The maximum absolute atomic E-state index is 11.8. The third-order valence-electron chi connectivity index (χ3n) is 4.00. The van der Waals surface area contributed by atoms with Crippen molar-refractivity contribution in [2.45, 2.75) is 39.3 Å². The van der Waals surface area contributed by atoms with E-state index in [2.05, 4.69) is 25.9 Å². The van der Waals surface area contributed by atoms with Crippen molar-refractivity contribution in [3.05, 3.63) is 53.7 Å². The molecule has 1 aromatic carbocycles. The number of rotatable bonds is 7. The summed E-state index contributed by atoms with van der Waals surface area (Å²) in [5.74, 6) is 1.30. The summed E-state index contributed by atoms with van der Waals surface area (Å²) in [5, 5.41) is 9.29. The number of carbonyl (C=O) groups is 1. The second-order valence-electron chi connectivity index (χ2n) is 7.63. The third-order valence-corrected chi connectivity index (χ3v) is 4.00. The van der Waals surface area contributed by atoms with Crippen LogP contribution in [0.25, 0.3) is 0 Å². The lowest BCUT2D eigenvalue weighted by Crippen LogP contribution is -2.37. The van der Waals surface area contributed by atoms with Crippen LogP contribution >= 0.6 is 24.0 Å². The van der Waals surface area contributed by atoms with E-state index in [0.717, 1.165) is 24.1 Å². The number of benzene rings is 1. The van der Waals surface area contributed by atoms with Gasteiger partial charge in [0.15, 0.2) is 5.96 Å². The summed E-state index contributed by atoms with van der Waals surface area (Å²) in [6, 6.07) is 11.5. The molecule has 0 aliphatic heterocycles. The summed E-state index contributed by atoms with van der Waals surface area (Å²) >= 11 is 0. The van der Waals surface area contributed by atoms with Gasteiger partial charge in [0.25, 0.3) is 0 Å². The normalized spacial score (nSPS) is 11.2. The van der Waals surface area contributed by atoms with Crippen LogP contribution in [-0.2, 0) is 17.7 Å². The predicted molar refractivity (Wildman–Crippen MR) is 134 cm³/mol. The Balaban J connectivity index is 0.00000480. The van der Waals surface area contributed by atoms with Crippen LogP contribution in [0, 0.1) is 0 Å². The zero-order valence-electron chi connectivity index (χ0n) is 18.7. The third kappa shape index (κ3) is 10.3. The minimum atomic E-state index is -0.522. The van der Waals surface area contributed by atoms with Crippen molar-refractivity contribution in [2.24, 2.45) is 4.99 Å². The first-order valence-electron chi connectivity index (χ1n) is 9.81. The van der Waals surface area contributed by atoms with Gasteiger partial charge in [0.2, 0.25) is 5.88 Å². The highest BCUT2D eigenvalue weighted by atomic mass is 127. The molecule has 8 nitrogen and oxygen atoms in total. The lowest BCUT2D eigenvalue weighted by molar-refractivity contribution is 0.0636. The fourth-order valence-corrected chi connectivity index (χ4v) is 2.58. The molecule has 0 aliphatic rings. The molecule has 0 bridgehead atoms. The molecule has 0 saturated heterocycles. The molecular formula is C22H32IN5O3. The fraction of sp³-hybridized carbons (Fsp3) is 0.409. The van der Waals surface area contributed by atoms with Gasteiger partial charge in [-0.1, -0.05) is 12.1 Å². The van der Waals surface area contributed by atoms with Crippen LogP contribution in [0.15, 0.2) is 47.6 Å². The van der Waals surface area contributed by atoms with E-state index in [4.69, 9.17) is 9.47 Å².